The van der Waals surface area contributed by atoms with Gasteiger partial charge in [0.05, 0.1) is 0 Å². The molecule has 0 aromatic carbocycles. The number of fused-ring (bicyclic) bond motifs is 1. The first-order valence-electron chi connectivity index (χ1n) is 5.68. The minimum absolute atomic E-state index is 0.800. The van der Waals surface area contributed by atoms with Gasteiger partial charge in [-0.2, -0.15) is 0 Å². The van der Waals surface area contributed by atoms with E-state index in [0.29, 0.717) is 0 Å². The molecule has 0 aromatic rings. The Morgan fingerprint density at radius 2 is 1.92 bits per heavy atom. The molecule has 0 bridgehead atoms. The van der Waals surface area contributed by atoms with Gasteiger partial charge in [-0.05, 0) is 41.9 Å². The molecule has 0 radical (unpaired) electrons. The summed E-state index contributed by atoms with van der Waals surface area (Å²) in [5, 5.41) is 0. The highest BCUT2D eigenvalue weighted by atomic mass is 14.7. The molecule has 0 amide bonds. The quantitative estimate of drug-likeness (QED) is 0.586. The van der Waals surface area contributed by atoms with Crippen LogP contribution in [-0.4, -0.2) is 0 Å². The third-order valence-corrected chi connectivity index (χ3v) is 5.37. The van der Waals surface area contributed by atoms with Crippen LogP contribution < -0.4 is 0 Å². The van der Waals surface area contributed by atoms with Crippen LogP contribution in [0.1, 0.15) is 47.0 Å². The highest BCUT2D eigenvalue weighted by Crippen LogP contribution is 2.72. The first-order chi connectivity index (χ1) is 5.68. The largest absolute Gasteiger partial charge is 0.0651 e. The Bertz CT molecular complexity index is 169. The van der Waals surface area contributed by atoms with E-state index in [0.717, 1.165) is 29.1 Å². The van der Waals surface area contributed by atoms with E-state index in [2.05, 4.69) is 27.7 Å². The van der Waals surface area contributed by atoms with Crippen molar-refractivity contribution in [1.29, 1.82) is 0 Å². The molecule has 0 saturated heterocycles. The van der Waals surface area contributed by atoms with Crippen LogP contribution in [0.15, 0.2) is 0 Å². The molecule has 0 N–H and O–H groups in total. The van der Waals surface area contributed by atoms with Crippen LogP contribution in [0.25, 0.3) is 0 Å². The summed E-state index contributed by atoms with van der Waals surface area (Å²) in [4.78, 5) is 0. The molecular formula is C12H22. The molecule has 2 aliphatic carbocycles. The molecule has 0 nitrogen and oxygen atoms in total. The summed E-state index contributed by atoms with van der Waals surface area (Å²) < 4.78 is 0. The monoisotopic (exact) mass is 166 g/mol. The Hall–Kier alpha value is 0. The highest BCUT2D eigenvalue weighted by Gasteiger charge is 2.66. The van der Waals surface area contributed by atoms with Crippen LogP contribution in [0.4, 0.5) is 0 Å². The van der Waals surface area contributed by atoms with Gasteiger partial charge in [0.25, 0.3) is 0 Å². The van der Waals surface area contributed by atoms with E-state index in [-0.39, 0.29) is 0 Å². The van der Waals surface area contributed by atoms with E-state index in [1.165, 1.54) is 19.3 Å². The summed E-state index contributed by atoms with van der Waals surface area (Å²) >= 11 is 0. The molecular weight excluding hydrogens is 144 g/mol. The van der Waals surface area contributed by atoms with E-state index in [4.69, 9.17) is 0 Å². The molecule has 2 saturated carbocycles. The SMILES string of the molecule is CCC1CC2C(C)C(C)C12CC. The van der Waals surface area contributed by atoms with Crippen LogP contribution in [0.5, 0.6) is 0 Å². The summed E-state index contributed by atoms with van der Waals surface area (Å²) in [7, 11) is 0. The molecule has 5 atom stereocenters. The summed E-state index contributed by atoms with van der Waals surface area (Å²) in [5.74, 6) is 4.19. The average molecular weight is 166 g/mol. The minimum Gasteiger partial charge on any atom is -0.0651 e. The van der Waals surface area contributed by atoms with E-state index < -0.39 is 0 Å². The van der Waals surface area contributed by atoms with Crippen molar-refractivity contribution in [2.45, 2.75) is 47.0 Å². The van der Waals surface area contributed by atoms with Crippen molar-refractivity contribution in [3.8, 4) is 0 Å². The zero-order chi connectivity index (χ0) is 8.93. The molecule has 2 rings (SSSR count). The standard InChI is InChI=1S/C12H22/c1-5-10-7-11-8(3)9(4)12(10,11)6-2/h8-11H,5-7H2,1-4H3. The fourth-order valence-electron chi connectivity index (χ4n) is 4.44. The zero-order valence-corrected chi connectivity index (χ0v) is 8.93. The smallest absolute Gasteiger partial charge is 0.0212 e. The molecule has 0 heterocycles. The second-order valence-electron chi connectivity index (χ2n) is 5.06. The fraction of sp³-hybridized carbons (Fsp3) is 1.00. The average Bonchev–Trinajstić information content (AvgIpc) is 2.05. The lowest BCUT2D eigenvalue weighted by Gasteiger charge is -2.72. The lowest BCUT2D eigenvalue weighted by Crippen LogP contribution is -2.66. The lowest BCUT2D eigenvalue weighted by atomic mass is 9.33. The Morgan fingerprint density at radius 3 is 2.33 bits per heavy atom. The van der Waals surface area contributed by atoms with Gasteiger partial charge in [0.1, 0.15) is 0 Å². The normalized spacial score (nSPS) is 57.0. The molecule has 0 aromatic heterocycles. The summed E-state index contributed by atoms with van der Waals surface area (Å²) in [6.07, 6.45) is 4.39. The zero-order valence-electron chi connectivity index (χ0n) is 8.93. The van der Waals surface area contributed by atoms with Crippen LogP contribution >= 0.6 is 0 Å². The first kappa shape index (κ1) is 8.59. The van der Waals surface area contributed by atoms with Gasteiger partial charge in [-0.1, -0.05) is 34.1 Å². The third kappa shape index (κ3) is 0.661. The Kier molecular flexibility index (Phi) is 1.79. The van der Waals surface area contributed by atoms with E-state index in [1.807, 2.05) is 0 Å². The molecule has 0 aliphatic heterocycles. The maximum absolute atomic E-state index is 2.48. The van der Waals surface area contributed by atoms with E-state index in [9.17, 15) is 0 Å². The maximum Gasteiger partial charge on any atom is -0.0212 e. The summed E-state index contributed by atoms with van der Waals surface area (Å²) in [5.41, 5.74) is 0.800. The van der Waals surface area contributed by atoms with Crippen LogP contribution in [0.2, 0.25) is 0 Å². The third-order valence-electron chi connectivity index (χ3n) is 5.37. The topological polar surface area (TPSA) is 0 Å². The van der Waals surface area contributed by atoms with Gasteiger partial charge in [-0.15, -0.1) is 0 Å². The van der Waals surface area contributed by atoms with Crippen molar-refractivity contribution in [3.63, 3.8) is 0 Å². The van der Waals surface area contributed by atoms with Gasteiger partial charge >= 0.3 is 0 Å². The Labute approximate surface area is 76.7 Å². The summed E-state index contributed by atoms with van der Waals surface area (Å²) in [6.45, 7) is 9.70. The van der Waals surface area contributed by atoms with Crippen molar-refractivity contribution >= 4 is 0 Å². The molecule has 0 spiro atoms. The second kappa shape index (κ2) is 2.49. The first-order valence-corrected chi connectivity index (χ1v) is 5.68. The lowest BCUT2D eigenvalue weighted by molar-refractivity contribution is -0.238. The van der Waals surface area contributed by atoms with Gasteiger partial charge < -0.3 is 0 Å². The molecule has 0 heteroatoms. The van der Waals surface area contributed by atoms with Gasteiger partial charge in [0.15, 0.2) is 0 Å². The minimum atomic E-state index is 0.800. The Morgan fingerprint density at radius 1 is 1.25 bits per heavy atom. The number of rotatable bonds is 2. The summed E-state index contributed by atoms with van der Waals surface area (Å²) in [6, 6.07) is 0. The highest BCUT2D eigenvalue weighted by molar-refractivity contribution is 5.14. The van der Waals surface area contributed by atoms with Gasteiger partial charge in [0.2, 0.25) is 0 Å². The van der Waals surface area contributed by atoms with Crippen molar-refractivity contribution in [2.75, 3.05) is 0 Å². The molecule has 5 unspecified atom stereocenters. The van der Waals surface area contributed by atoms with Crippen molar-refractivity contribution in [2.24, 2.45) is 29.1 Å². The Balaban J connectivity index is 2.14. The molecule has 70 valence electrons. The van der Waals surface area contributed by atoms with Crippen molar-refractivity contribution in [3.05, 3.63) is 0 Å². The van der Waals surface area contributed by atoms with Gasteiger partial charge in [-0.25, -0.2) is 0 Å². The maximum atomic E-state index is 2.48. The van der Waals surface area contributed by atoms with Crippen molar-refractivity contribution < 1.29 is 0 Å². The molecule has 2 fully saturated rings. The second-order valence-corrected chi connectivity index (χ2v) is 5.06. The van der Waals surface area contributed by atoms with E-state index >= 15 is 0 Å². The van der Waals surface area contributed by atoms with Crippen molar-refractivity contribution in [1.82, 2.24) is 0 Å². The molecule has 2 aliphatic rings. The van der Waals surface area contributed by atoms with Gasteiger partial charge in [-0.3, -0.25) is 0 Å². The number of hydrogen-bond donors (Lipinski definition) is 0. The van der Waals surface area contributed by atoms with Crippen LogP contribution in [0, 0.1) is 29.1 Å². The van der Waals surface area contributed by atoms with Crippen LogP contribution in [-0.2, 0) is 0 Å². The molecule has 12 heavy (non-hydrogen) atoms. The van der Waals surface area contributed by atoms with Crippen LogP contribution in [0.3, 0.4) is 0 Å². The van der Waals surface area contributed by atoms with Gasteiger partial charge in [0, 0.05) is 0 Å². The van der Waals surface area contributed by atoms with E-state index in [1.54, 1.807) is 0 Å². The fourth-order valence-corrected chi connectivity index (χ4v) is 4.44. The number of hydrogen-bond acceptors (Lipinski definition) is 0. The predicted molar refractivity (Wildman–Crippen MR) is 52.9 cm³/mol. The predicted octanol–water partition coefficient (Wildman–Crippen LogP) is 3.71.